The van der Waals surface area contributed by atoms with Gasteiger partial charge < -0.3 is 9.88 Å². The summed E-state index contributed by atoms with van der Waals surface area (Å²) in [5.74, 6) is 0.00770. The lowest BCUT2D eigenvalue weighted by Gasteiger charge is -2.30. The number of amides is 1. The monoisotopic (exact) mass is 257 g/mol. The van der Waals surface area contributed by atoms with E-state index in [0.717, 1.165) is 11.0 Å². The van der Waals surface area contributed by atoms with E-state index in [2.05, 4.69) is 9.97 Å². The van der Waals surface area contributed by atoms with Crippen molar-refractivity contribution in [3.8, 4) is 0 Å². The van der Waals surface area contributed by atoms with E-state index < -0.39 is 5.54 Å². The highest BCUT2D eigenvalue weighted by Crippen LogP contribution is 2.28. The number of nitrogens with zero attached hydrogens (tertiary/aromatic N) is 2. The molecule has 0 atom stereocenters. The molecule has 1 aromatic heterocycles. The number of Topliss-reactive ketones (excluding diaryl/α,β-unsaturated/α-hetero) is 1. The number of carbonyl (C=O) groups is 2. The van der Waals surface area contributed by atoms with Crippen molar-refractivity contribution in [2.45, 2.75) is 25.8 Å². The normalized spacial score (nSPS) is 18.2. The van der Waals surface area contributed by atoms with Gasteiger partial charge >= 0.3 is 0 Å². The number of nitrogens with one attached hydrogen (secondary N) is 1. The van der Waals surface area contributed by atoms with Gasteiger partial charge in [0, 0.05) is 17.5 Å². The standard InChI is InChI=1S/C14H15N3O2/c1-14(2)6-10(18)7-17(14)13(19)9-3-4-11-12(5-9)16-8-15-11/h3-5,8H,6-7H2,1-2H3,(H,15,16). The quantitative estimate of drug-likeness (QED) is 0.846. The first-order chi connectivity index (χ1) is 8.97. The lowest BCUT2D eigenvalue weighted by atomic mass is 10.0. The predicted octanol–water partition coefficient (Wildman–Crippen LogP) is 1.76. The molecule has 2 heterocycles. The number of hydrogen-bond donors (Lipinski definition) is 1. The summed E-state index contributed by atoms with van der Waals surface area (Å²) in [6, 6.07) is 5.35. The lowest BCUT2D eigenvalue weighted by molar-refractivity contribution is -0.116. The average molecular weight is 257 g/mol. The third kappa shape index (κ3) is 1.91. The third-order valence-electron chi connectivity index (χ3n) is 3.61. The molecule has 0 radical (unpaired) electrons. The van der Waals surface area contributed by atoms with Crippen LogP contribution in [0, 0.1) is 0 Å². The Hall–Kier alpha value is -2.17. The molecule has 1 saturated heterocycles. The summed E-state index contributed by atoms with van der Waals surface area (Å²) < 4.78 is 0. The Morgan fingerprint density at radius 1 is 1.42 bits per heavy atom. The van der Waals surface area contributed by atoms with Crippen molar-refractivity contribution in [2.75, 3.05) is 6.54 Å². The van der Waals surface area contributed by atoms with E-state index >= 15 is 0 Å². The first-order valence-corrected chi connectivity index (χ1v) is 6.24. The molecule has 0 saturated carbocycles. The Bertz CT molecular complexity index is 672. The summed E-state index contributed by atoms with van der Waals surface area (Å²) in [5.41, 5.74) is 1.83. The van der Waals surface area contributed by atoms with Crippen molar-refractivity contribution >= 4 is 22.7 Å². The second-order valence-corrected chi connectivity index (χ2v) is 5.55. The van der Waals surface area contributed by atoms with Crippen LogP contribution in [0.15, 0.2) is 24.5 Å². The molecule has 5 nitrogen and oxygen atoms in total. The third-order valence-corrected chi connectivity index (χ3v) is 3.61. The number of likely N-dealkylation sites (tertiary alicyclic amines) is 1. The molecule has 19 heavy (non-hydrogen) atoms. The van der Waals surface area contributed by atoms with Crippen molar-refractivity contribution < 1.29 is 9.59 Å². The average Bonchev–Trinajstić information content (AvgIpc) is 2.90. The number of aromatic nitrogens is 2. The number of rotatable bonds is 1. The van der Waals surface area contributed by atoms with Gasteiger partial charge in [-0.15, -0.1) is 0 Å². The molecule has 1 aliphatic heterocycles. The van der Waals surface area contributed by atoms with Gasteiger partial charge in [0.05, 0.1) is 23.9 Å². The zero-order valence-corrected chi connectivity index (χ0v) is 10.9. The molecule has 5 heteroatoms. The molecule has 3 rings (SSSR count). The van der Waals surface area contributed by atoms with Crippen LogP contribution < -0.4 is 0 Å². The minimum absolute atomic E-state index is 0.104. The Labute approximate surface area is 110 Å². The minimum atomic E-state index is -0.406. The number of fused-ring (bicyclic) bond motifs is 1. The van der Waals surface area contributed by atoms with Gasteiger partial charge in [0.1, 0.15) is 0 Å². The highest BCUT2D eigenvalue weighted by atomic mass is 16.2. The van der Waals surface area contributed by atoms with E-state index in [0.29, 0.717) is 12.0 Å². The van der Waals surface area contributed by atoms with Crippen LogP contribution in [0.3, 0.4) is 0 Å². The number of H-pyrrole nitrogens is 1. The molecule has 0 aliphatic carbocycles. The van der Waals surface area contributed by atoms with Crippen LogP contribution in [-0.2, 0) is 4.79 Å². The van der Waals surface area contributed by atoms with Crippen LogP contribution in [0.1, 0.15) is 30.6 Å². The van der Waals surface area contributed by atoms with E-state index in [1.165, 1.54) is 0 Å². The number of carbonyl (C=O) groups excluding carboxylic acids is 2. The lowest BCUT2D eigenvalue weighted by Crippen LogP contribution is -2.42. The number of ketones is 1. The first kappa shape index (κ1) is 11.9. The van der Waals surface area contributed by atoms with E-state index in [9.17, 15) is 9.59 Å². The Kier molecular flexibility index (Phi) is 2.45. The van der Waals surface area contributed by atoms with Gasteiger partial charge in [0.25, 0.3) is 5.91 Å². The maximum Gasteiger partial charge on any atom is 0.254 e. The summed E-state index contributed by atoms with van der Waals surface area (Å²) in [6.07, 6.45) is 2.02. The van der Waals surface area contributed by atoms with Crippen LogP contribution >= 0.6 is 0 Å². The number of aromatic amines is 1. The SMILES string of the molecule is CC1(C)CC(=O)CN1C(=O)c1ccc2nc[nH]c2c1. The highest BCUT2D eigenvalue weighted by Gasteiger charge is 2.40. The van der Waals surface area contributed by atoms with Gasteiger partial charge in [-0.1, -0.05) is 0 Å². The van der Waals surface area contributed by atoms with E-state index in [1.54, 1.807) is 23.4 Å². The minimum Gasteiger partial charge on any atom is -0.345 e. The van der Waals surface area contributed by atoms with E-state index in [1.807, 2.05) is 19.9 Å². The second-order valence-electron chi connectivity index (χ2n) is 5.55. The number of imidazole rings is 1. The van der Waals surface area contributed by atoms with Gasteiger partial charge in [-0.2, -0.15) is 0 Å². The van der Waals surface area contributed by atoms with Crippen LogP contribution in [0.5, 0.6) is 0 Å². The fraction of sp³-hybridized carbons (Fsp3) is 0.357. The van der Waals surface area contributed by atoms with Gasteiger partial charge in [-0.25, -0.2) is 4.98 Å². The zero-order valence-electron chi connectivity index (χ0n) is 10.9. The molecule has 1 N–H and O–H groups in total. The summed E-state index contributed by atoms with van der Waals surface area (Å²) in [6.45, 7) is 4.04. The Morgan fingerprint density at radius 2 is 2.21 bits per heavy atom. The Morgan fingerprint density at radius 3 is 2.89 bits per heavy atom. The maximum absolute atomic E-state index is 12.5. The predicted molar refractivity (Wildman–Crippen MR) is 70.8 cm³/mol. The number of hydrogen-bond acceptors (Lipinski definition) is 3. The largest absolute Gasteiger partial charge is 0.345 e. The van der Waals surface area contributed by atoms with Gasteiger partial charge in [0.2, 0.25) is 0 Å². The molecule has 0 unspecified atom stereocenters. The topological polar surface area (TPSA) is 66.1 Å². The van der Waals surface area contributed by atoms with Crippen LogP contribution in [0.2, 0.25) is 0 Å². The first-order valence-electron chi connectivity index (χ1n) is 6.24. The molecular formula is C14H15N3O2. The number of benzene rings is 1. The van der Waals surface area contributed by atoms with Crippen LogP contribution in [0.25, 0.3) is 11.0 Å². The molecule has 2 aromatic rings. The maximum atomic E-state index is 12.5. The fourth-order valence-corrected chi connectivity index (χ4v) is 2.60. The second kappa shape index (κ2) is 3.91. The zero-order chi connectivity index (χ0) is 13.6. The summed E-state index contributed by atoms with van der Waals surface area (Å²) in [5, 5.41) is 0. The molecule has 1 fully saturated rings. The molecule has 1 aromatic carbocycles. The van der Waals surface area contributed by atoms with Crippen LogP contribution in [0.4, 0.5) is 0 Å². The van der Waals surface area contributed by atoms with Gasteiger partial charge in [-0.05, 0) is 32.0 Å². The van der Waals surface area contributed by atoms with Crippen molar-refractivity contribution in [1.82, 2.24) is 14.9 Å². The molecule has 1 aliphatic rings. The smallest absolute Gasteiger partial charge is 0.254 e. The molecule has 0 bridgehead atoms. The molecule has 98 valence electrons. The van der Waals surface area contributed by atoms with Gasteiger partial charge in [0.15, 0.2) is 5.78 Å². The Balaban J connectivity index is 1.97. The van der Waals surface area contributed by atoms with E-state index in [4.69, 9.17) is 0 Å². The van der Waals surface area contributed by atoms with Gasteiger partial charge in [-0.3, -0.25) is 9.59 Å². The molecular weight excluding hydrogens is 242 g/mol. The summed E-state index contributed by atoms with van der Waals surface area (Å²) in [4.78, 5) is 32.8. The van der Waals surface area contributed by atoms with Crippen molar-refractivity contribution in [3.05, 3.63) is 30.1 Å². The summed E-state index contributed by atoms with van der Waals surface area (Å²) >= 11 is 0. The van der Waals surface area contributed by atoms with E-state index in [-0.39, 0.29) is 18.2 Å². The molecule has 1 amide bonds. The fourth-order valence-electron chi connectivity index (χ4n) is 2.60. The van der Waals surface area contributed by atoms with Crippen LogP contribution in [-0.4, -0.2) is 38.6 Å². The molecule has 0 spiro atoms. The highest BCUT2D eigenvalue weighted by molar-refractivity contribution is 6.01. The van der Waals surface area contributed by atoms with Crippen molar-refractivity contribution in [1.29, 1.82) is 0 Å². The van der Waals surface area contributed by atoms with Crippen molar-refractivity contribution in [3.63, 3.8) is 0 Å². The summed E-state index contributed by atoms with van der Waals surface area (Å²) in [7, 11) is 0. The van der Waals surface area contributed by atoms with Crippen molar-refractivity contribution in [2.24, 2.45) is 0 Å².